The largest absolute Gasteiger partial charge is 0.397 e. The Morgan fingerprint density at radius 2 is 2.17 bits per heavy atom. The monoisotopic (exact) mass is 251 g/mol. The van der Waals surface area contributed by atoms with Crippen LogP contribution in [0.3, 0.4) is 0 Å². The predicted octanol–water partition coefficient (Wildman–Crippen LogP) is 0.836. The minimum absolute atomic E-state index is 0.0643. The maximum atomic E-state index is 11.5. The van der Waals surface area contributed by atoms with E-state index in [2.05, 4.69) is 5.32 Å². The lowest BCUT2D eigenvalue weighted by Gasteiger charge is -2.29. The summed E-state index contributed by atoms with van der Waals surface area (Å²) in [5, 5.41) is 11.6. The van der Waals surface area contributed by atoms with Gasteiger partial charge in [0.15, 0.2) is 0 Å². The number of anilines is 2. The van der Waals surface area contributed by atoms with Crippen molar-refractivity contribution in [3.63, 3.8) is 0 Å². The Labute approximate surface area is 108 Å². The summed E-state index contributed by atoms with van der Waals surface area (Å²) in [6, 6.07) is 5.43. The average Bonchev–Trinajstić information content (AvgIpc) is 2.35. The molecular weight excluding hydrogens is 230 g/mol. The minimum atomic E-state index is -0.161. The third kappa shape index (κ3) is 3.13. The molecule has 0 aromatic heterocycles. The van der Waals surface area contributed by atoms with Crippen molar-refractivity contribution in [1.82, 2.24) is 5.32 Å². The Kier molecular flexibility index (Phi) is 4.97. The summed E-state index contributed by atoms with van der Waals surface area (Å²) in [6.07, 6.45) is 0. The van der Waals surface area contributed by atoms with Gasteiger partial charge in [-0.05, 0) is 32.0 Å². The first kappa shape index (κ1) is 14.3. The number of rotatable bonds is 5. The van der Waals surface area contributed by atoms with Crippen LogP contribution in [0.25, 0.3) is 0 Å². The summed E-state index contributed by atoms with van der Waals surface area (Å²) in [5.41, 5.74) is 7.89. The second kappa shape index (κ2) is 6.26. The van der Waals surface area contributed by atoms with Gasteiger partial charge in [-0.3, -0.25) is 4.79 Å². The molecule has 1 aromatic rings. The van der Waals surface area contributed by atoms with Crippen molar-refractivity contribution in [2.75, 3.05) is 30.8 Å². The Hall–Kier alpha value is -1.75. The Balaban J connectivity index is 3.06. The zero-order chi connectivity index (χ0) is 13.7. The normalized spacial score (nSPS) is 10.5. The number of benzene rings is 1. The lowest BCUT2D eigenvalue weighted by molar-refractivity contribution is 0.0963. The number of nitrogens with one attached hydrogen (secondary N) is 1. The molecule has 1 amide bonds. The molecule has 5 nitrogen and oxygen atoms in total. The number of nitrogens with zero attached hydrogens (tertiary/aromatic N) is 1. The van der Waals surface area contributed by atoms with Gasteiger partial charge in [-0.1, -0.05) is 0 Å². The van der Waals surface area contributed by atoms with E-state index in [1.54, 1.807) is 19.2 Å². The SMILES string of the molecule is CNC(=O)c1ccc(N(CCO)C(C)C)c(N)c1. The molecule has 0 saturated heterocycles. The van der Waals surface area contributed by atoms with Crippen LogP contribution in [0.4, 0.5) is 11.4 Å². The molecule has 0 fully saturated rings. The molecule has 0 unspecified atom stereocenters. The van der Waals surface area contributed by atoms with Crippen molar-refractivity contribution >= 4 is 17.3 Å². The fourth-order valence-electron chi connectivity index (χ4n) is 1.87. The number of aliphatic hydroxyl groups excluding tert-OH is 1. The van der Waals surface area contributed by atoms with E-state index in [-0.39, 0.29) is 18.6 Å². The Morgan fingerprint density at radius 1 is 1.50 bits per heavy atom. The van der Waals surface area contributed by atoms with E-state index in [1.165, 1.54) is 0 Å². The van der Waals surface area contributed by atoms with Crippen LogP contribution in [0, 0.1) is 0 Å². The number of nitrogens with two attached hydrogens (primary N) is 1. The van der Waals surface area contributed by atoms with E-state index in [9.17, 15) is 4.79 Å². The number of amides is 1. The number of hydrogen-bond donors (Lipinski definition) is 3. The van der Waals surface area contributed by atoms with Crippen molar-refractivity contribution in [3.8, 4) is 0 Å². The first-order valence-electron chi connectivity index (χ1n) is 6.00. The van der Waals surface area contributed by atoms with Crippen LogP contribution >= 0.6 is 0 Å². The number of nitrogen functional groups attached to an aromatic ring is 1. The van der Waals surface area contributed by atoms with Crippen LogP contribution in [-0.4, -0.2) is 37.3 Å². The van der Waals surface area contributed by atoms with Crippen LogP contribution in [0.5, 0.6) is 0 Å². The van der Waals surface area contributed by atoms with Crippen LogP contribution in [-0.2, 0) is 0 Å². The van der Waals surface area contributed by atoms with Gasteiger partial charge in [0.05, 0.1) is 18.0 Å². The molecule has 0 spiro atoms. The zero-order valence-corrected chi connectivity index (χ0v) is 11.1. The molecule has 0 aliphatic rings. The summed E-state index contributed by atoms with van der Waals surface area (Å²) >= 11 is 0. The van der Waals surface area contributed by atoms with Gasteiger partial charge in [-0.15, -0.1) is 0 Å². The van der Waals surface area contributed by atoms with E-state index in [0.29, 0.717) is 17.8 Å². The highest BCUT2D eigenvalue weighted by Gasteiger charge is 2.14. The third-order valence-corrected chi connectivity index (χ3v) is 2.79. The van der Waals surface area contributed by atoms with E-state index in [4.69, 9.17) is 10.8 Å². The fraction of sp³-hybridized carbons (Fsp3) is 0.462. The molecule has 0 aliphatic heterocycles. The topological polar surface area (TPSA) is 78.6 Å². The lowest BCUT2D eigenvalue weighted by atomic mass is 10.1. The van der Waals surface area contributed by atoms with Crippen LogP contribution in [0.15, 0.2) is 18.2 Å². The van der Waals surface area contributed by atoms with Gasteiger partial charge in [0, 0.05) is 25.2 Å². The third-order valence-electron chi connectivity index (χ3n) is 2.79. The standard InChI is InChI=1S/C13H21N3O2/c1-9(2)16(6-7-17)12-5-4-10(8-11(12)14)13(18)15-3/h4-5,8-9,17H,6-7,14H2,1-3H3,(H,15,18). The smallest absolute Gasteiger partial charge is 0.251 e. The molecule has 5 heteroatoms. The Morgan fingerprint density at radius 3 is 2.61 bits per heavy atom. The van der Waals surface area contributed by atoms with Gasteiger partial charge in [0.2, 0.25) is 0 Å². The second-order valence-electron chi connectivity index (χ2n) is 4.36. The maximum Gasteiger partial charge on any atom is 0.251 e. The highest BCUT2D eigenvalue weighted by atomic mass is 16.3. The molecule has 1 rings (SSSR count). The van der Waals surface area contributed by atoms with Gasteiger partial charge < -0.3 is 21.1 Å². The summed E-state index contributed by atoms with van der Waals surface area (Å²) in [6.45, 7) is 4.64. The summed E-state index contributed by atoms with van der Waals surface area (Å²) in [4.78, 5) is 13.5. The van der Waals surface area contributed by atoms with Crippen molar-refractivity contribution < 1.29 is 9.90 Å². The van der Waals surface area contributed by atoms with Crippen LogP contribution in [0.1, 0.15) is 24.2 Å². The summed E-state index contributed by atoms with van der Waals surface area (Å²) in [7, 11) is 1.58. The summed E-state index contributed by atoms with van der Waals surface area (Å²) in [5.74, 6) is -0.161. The molecular formula is C13H21N3O2. The van der Waals surface area contributed by atoms with E-state index < -0.39 is 0 Å². The quantitative estimate of drug-likeness (QED) is 0.677. The average molecular weight is 251 g/mol. The van der Waals surface area contributed by atoms with Gasteiger partial charge in [-0.25, -0.2) is 0 Å². The van der Waals surface area contributed by atoms with Crippen molar-refractivity contribution in [2.24, 2.45) is 0 Å². The molecule has 0 saturated carbocycles. The molecule has 100 valence electrons. The molecule has 0 atom stereocenters. The first-order valence-corrected chi connectivity index (χ1v) is 6.00. The maximum absolute atomic E-state index is 11.5. The number of aliphatic hydroxyl groups is 1. The highest BCUT2D eigenvalue weighted by Crippen LogP contribution is 2.25. The zero-order valence-electron chi connectivity index (χ0n) is 11.1. The molecule has 0 heterocycles. The van der Waals surface area contributed by atoms with E-state index in [0.717, 1.165) is 5.69 Å². The van der Waals surface area contributed by atoms with Crippen molar-refractivity contribution in [2.45, 2.75) is 19.9 Å². The van der Waals surface area contributed by atoms with Gasteiger partial charge >= 0.3 is 0 Å². The Bertz CT molecular complexity index is 419. The van der Waals surface area contributed by atoms with Crippen LogP contribution < -0.4 is 16.0 Å². The van der Waals surface area contributed by atoms with Crippen LogP contribution in [0.2, 0.25) is 0 Å². The van der Waals surface area contributed by atoms with Gasteiger partial charge in [0.1, 0.15) is 0 Å². The molecule has 18 heavy (non-hydrogen) atoms. The van der Waals surface area contributed by atoms with E-state index in [1.807, 2.05) is 24.8 Å². The first-order chi connectivity index (χ1) is 8.51. The summed E-state index contributed by atoms with van der Waals surface area (Å²) < 4.78 is 0. The lowest BCUT2D eigenvalue weighted by Crippen LogP contribution is -2.34. The predicted molar refractivity (Wildman–Crippen MR) is 73.8 cm³/mol. The highest BCUT2D eigenvalue weighted by molar-refractivity contribution is 5.96. The van der Waals surface area contributed by atoms with Crippen molar-refractivity contribution in [3.05, 3.63) is 23.8 Å². The van der Waals surface area contributed by atoms with Gasteiger partial charge in [0.25, 0.3) is 5.91 Å². The number of carbonyl (C=O) groups excluding carboxylic acids is 1. The molecule has 0 bridgehead atoms. The molecule has 0 radical (unpaired) electrons. The molecule has 0 aliphatic carbocycles. The van der Waals surface area contributed by atoms with Crippen molar-refractivity contribution in [1.29, 1.82) is 0 Å². The van der Waals surface area contributed by atoms with Gasteiger partial charge in [-0.2, -0.15) is 0 Å². The second-order valence-corrected chi connectivity index (χ2v) is 4.36. The number of hydrogen-bond acceptors (Lipinski definition) is 4. The fourth-order valence-corrected chi connectivity index (χ4v) is 1.87. The molecule has 1 aromatic carbocycles. The van der Waals surface area contributed by atoms with E-state index >= 15 is 0 Å². The molecule has 4 N–H and O–H groups in total. The number of carbonyl (C=O) groups is 1. The minimum Gasteiger partial charge on any atom is -0.397 e.